The van der Waals surface area contributed by atoms with Crippen molar-refractivity contribution in [2.75, 3.05) is 6.54 Å². The highest BCUT2D eigenvalue weighted by atomic mass is 16.5. The van der Waals surface area contributed by atoms with Crippen molar-refractivity contribution in [3.8, 4) is 0 Å². The molecule has 0 unspecified atom stereocenters. The Hall–Kier alpha value is -1.07. The largest absolute Gasteiger partial charge is 0.355 e. The zero-order valence-corrected chi connectivity index (χ0v) is 4.87. The quantitative estimate of drug-likeness (QED) is 0.155. The molecule has 5 heteroatoms. The molecule has 0 saturated heterocycles. The third kappa shape index (κ3) is 2.68. The van der Waals surface area contributed by atoms with Gasteiger partial charge in [-0.1, -0.05) is 6.08 Å². The maximum Gasteiger partial charge on any atom is 0.355 e. The second-order valence-corrected chi connectivity index (χ2v) is 1.32. The summed E-state index contributed by atoms with van der Waals surface area (Å²) >= 11 is 0. The number of amides is 2. The van der Waals surface area contributed by atoms with Gasteiger partial charge < -0.3 is 0 Å². The van der Waals surface area contributed by atoms with Crippen molar-refractivity contribution in [3.63, 3.8) is 0 Å². The van der Waals surface area contributed by atoms with E-state index in [0.717, 1.165) is 0 Å². The SMILES string of the molecule is C=CCN(O)C(=O)NN. The van der Waals surface area contributed by atoms with E-state index in [1.165, 1.54) is 6.08 Å². The molecule has 0 saturated carbocycles. The molecule has 0 fully saturated rings. The predicted molar refractivity (Wildman–Crippen MR) is 31.4 cm³/mol. The fourth-order valence-corrected chi connectivity index (χ4v) is 0.280. The summed E-state index contributed by atoms with van der Waals surface area (Å²) in [6.45, 7) is 3.35. The van der Waals surface area contributed by atoms with Crippen LogP contribution in [0, 0.1) is 0 Å². The molecule has 0 aliphatic rings. The maximum atomic E-state index is 10.3. The van der Waals surface area contributed by atoms with Crippen molar-refractivity contribution in [2.24, 2.45) is 5.84 Å². The molecule has 2 amide bonds. The van der Waals surface area contributed by atoms with E-state index in [-0.39, 0.29) is 6.54 Å². The van der Waals surface area contributed by atoms with E-state index in [0.29, 0.717) is 5.06 Å². The van der Waals surface area contributed by atoms with E-state index >= 15 is 0 Å². The third-order valence-corrected chi connectivity index (χ3v) is 0.660. The lowest BCUT2D eigenvalue weighted by Crippen LogP contribution is -2.41. The average Bonchev–Trinajstić information content (AvgIpc) is 1.87. The van der Waals surface area contributed by atoms with Crippen LogP contribution in [0.1, 0.15) is 0 Å². The van der Waals surface area contributed by atoms with E-state index in [9.17, 15) is 4.79 Å². The zero-order valence-electron chi connectivity index (χ0n) is 4.87. The molecule has 0 bridgehead atoms. The molecule has 0 aromatic rings. The topological polar surface area (TPSA) is 78.6 Å². The number of hydrazine groups is 1. The minimum atomic E-state index is -0.755. The van der Waals surface area contributed by atoms with Gasteiger partial charge in [0.15, 0.2) is 0 Å². The van der Waals surface area contributed by atoms with Crippen LogP contribution in [-0.2, 0) is 0 Å². The maximum absolute atomic E-state index is 10.3. The Kier molecular flexibility index (Phi) is 3.41. The molecule has 0 heterocycles. The van der Waals surface area contributed by atoms with Gasteiger partial charge in [-0.2, -0.15) is 0 Å². The van der Waals surface area contributed by atoms with Crippen LogP contribution in [0.4, 0.5) is 4.79 Å². The Balaban J connectivity index is 3.58. The molecule has 0 atom stereocenters. The first-order valence-electron chi connectivity index (χ1n) is 2.30. The monoisotopic (exact) mass is 131 g/mol. The number of rotatable bonds is 2. The number of carbonyl (C=O) groups excluding carboxylic acids is 1. The van der Waals surface area contributed by atoms with Crippen molar-refractivity contribution in [3.05, 3.63) is 12.7 Å². The second-order valence-electron chi connectivity index (χ2n) is 1.32. The van der Waals surface area contributed by atoms with E-state index in [2.05, 4.69) is 12.4 Å². The first kappa shape index (κ1) is 7.93. The molecule has 0 aromatic carbocycles. The molecule has 0 aromatic heterocycles. The summed E-state index contributed by atoms with van der Waals surface area (Å²) in [4.78, 5) is 10.3. The zero-order chi connectivity index (χ0) is 7.28. The van der Waals surface area contributed by atoms with Crippen LogP contribution in [0.15, 0.2) is 12.7 Å². The van der Waals surface area contributed by atoms with Crippen LogP contribution in [0.25, 0.3) is 0 Å². The van der Waals surface area contributed by atoms with Crippen LogP contribution in [-0.4, -0.2) is 22.8 Å². The molecule has 9 heavy (non-hydrogen) atoms. The number of hydroxylamine groups is 2. The molecule has 5 nitrogen and oxygen atoms in total. The lowest BCUT2D eigenvalue weighted by Gasteiger charge is -2.09. The summed E-state index contributed by atoms with van der Waals surface area (Å²) in [6.07, 6.45) is 1.37. The third-order valence-electron chi connectivity index (χ3n) is 0.660. The fourth-order valence-electron chi connectivity index (χ4n) is 0.280. The summed E-state index contributed by atoms with van der Waals surface area (Å²) in [5, 5.41) is 9.00. The van der Waals surface area contributed by atoms with Crippen molar-refractivity contribution in [1.29, 1.82) is 0 Å². The minimum absolute atomic E-state index is 0.0586. The molecular formula is C4H9N3O2. The Bertz CT molecular complexity index is 114. The number of nitrogens with zero attached hydrogens (tertiary/aromatic N) is 1. The fraction of sp³-hybridized carbons (Fsp3) is 0.250. The van der Waals surface area contributed by atoms with Crippen LogP contribution in [0.5, 0.6) is 0 Å². The molecule has 0 spiro atoms. The van der Waals surface area contributed by atoms with Gasteiger partial charge in [-0.15, -0.1) is 6.58 Å². The standard InChI is InChI=1S/C4H9N3O2/c1-2-3-7(9)4(8)6-5/h2,9H,1,3,5H2,(H,6,8). The van der Waals surface area contributed by atoms with Gasteiger partial charge in [0.1, 0.15) is 0 Å². The number of nitrogens with two attached hydrogens (primary N) is 1. The summed E-state index contributed by atoms with van der Waals surface area (Å²) < 4.78 is 0. The Morgan fingerprint density at radius 2 is 2.56 bits per heavy atom. The molecule has 0 rings (SSSR count). The van der Waals surface area contributed by atoms with Crippen molar-refractivity contribution >= 4 is 6.03 Å². The smallest absolute Gasteiger partial charge is 0.284 e. The number of urea groups is 1. The number of nitrogens with one attached hydrogen (secondary N) is 1. The average molecular weight is 131 g/mol. The second kappa shape index (κ2) is 3.88. The van der Waals surface area contributed by atoms with E-state index in [1.54, 1.807) is 5.43 Å². The molecule has 52 valence electrons. The van der Waals surface area contributed by atoms with Gasteiger partial charge in [0.05, 0.1) is 6.54 Å². The summed E-state index contributed by atoms with van der Waals surface area (Å²) in [5.41, 5.74) is 1.74. The van der Waals surface area contributed by atoms with Crippen LogP contribution in [0.2, 0.25) is 0 Å². The minimum Gasteiger partial charge on any atom is -0.284 e. The van der Waals surface area contributed by atoms with Gasteiger partial charge in [0, 0.05) is 0 Å². The number of hydrogen-bond donors (Lipinski definition) is 3. The van der Waals surface area contributed by atoms with Gasteiger partial charge in [-0.05, 0) is 0 Å². The molecule has 0 aliphatic carbocycles. The summed E-state index contributed by atoms with van der Waals surface area (Å²) in [6, 6.07) is -0.755. The van der Waals surface area contributed by atoms with Crippen molar-refractivity contribution in [2.45, 2.75) is 0 Å². The highest BCUT2D eigenvalue weighted by Gasteiger charge is 2.03. The van der Waals surface area contributed by atoms with Crippen LogP contribution >= 0.6 is 0 Å². The van der Waals surface area contributed by atoms with Gasteiger partial charge in [0.2, 0.25) is 0 Å². The van der Waals surface area contributed by atoms with Gasteiger partial charge in [-0.25, -0.2) is 15.7 Å². The summed E-state index contributed by atoms with van der Waals surface area (Å²) in [7, 11) is 0. The highest BCUT2D eigenvalue weighted by molar-refractivity contribution is 5.72. The summed E-state index contributed by atoms with van der Waals surface area (Å²) in [5.74, 6) is 4.67. The van der Waals surface area contributed by atoms with Crippen molar-refractivity contribution < 1.29 is 10.0 Å². The number of hydrogen-bond acceptors (Lipinski definition) is 3. The first-order valence-corrected chi connectivity index (χ1v) is 2.30. The van der Waals surface area contributed by atoms with Gasteiger partial charge in [-0.3, -0.25) is 10.6 Å². The highest BCUT2D eigenvalue weighted by Crippen LogP contribution is 1.79. The molecule has 4 N–H and O–H groups in total. The Labute approximate surface area is 52.7 Å². The predicted octanol–water partition coefficient (Wildman–Crippen LogP) is -0.553. The van der Waals surface area contributed by atoms with Gasteiger partial charge in [0.25, 0.3) is 0 Å². The number of carbonyl (C=O) groups is 1. The van der Waals surface area contributed by atoms with E-state index in [4.69, 9.17) is 5.21 Å². The normalized spacial score (nSPS) is 8.22. The lowest BCUT2D eigenvalue weighted by atomic mass is 10.6. The molecule has 0 radical (unpaired) electrons. The van der Waals surface area contributed by atoms with E-state index < -0.39 is 6.03 Å². The van der Waals surface area contributed by atoms with Crippen molar-refractivity contribution in [1.82, 2.24) is 10.5 Å². The lowest BCUT2D eigenvalue weighted by molar-refractivity contribution is -0.0326. The van der Waals surface area contributed by atoms with Gasteiger partial charge >= 0.3 is 6.03 Å². The van der Waals surface area contributed by atoms with Crippen LogP contribution in [0.3, 0.4) is 0 Å². The van der Waals surface area contributed by atoms with Crippen LogP contribution < -0.4 is 11.3 Å². The van der Waals surface area contributed by atoms with E-state index in [1.807, 2.05) is 0 Å². The Morgan fingerprint density at radius 1 is 2.00 bits per heavy atom. The molecule has 0 aliphatic heterocycles. The first-order chi connectivity index (χ1) is 4.22. The molecular weight excluding hydrogens is 122 g/mol. The Morgan fingerprint density at radius 3 is 2.89 bits per heavy atom.